The minimum absolute atomic E-state index is 0.0181. The van der Waals surface area contributed by atoms with Gasteiger partial charge in [0.1, 0.15) is 5.78 Å². The van der Waals surface area contributed by atoms with Crippen LogP contribution < -0.4 is 0 Å². The molecule has 74 valence electrons. The minimum atomic E-state index is -0.833. The Hall–Kier alpha value is -0.510. The molecule has 0 aliphatic heterocycles. The number of rotatable bonds is 3. The van der Waals surface area contributed by atoms with E-state index in [-0.39, 0.29) is 17.5 Å². The second-order valence-corrected chi connectivity index (χ2v) is 3.78. The van der Waals surface area contributed by atoms with E-state index in [1.807, 2.05) is 0 Å². The van der Waals surface area contributed by atoms with Crippen molar-refractivity contribution in [1.29, 1.82) is 0 Å². The van der Waals surface area contributed by atoms with Crippen LogP contribution in [0.1, 0.15) is 25.7 Å². The molecule has 1 fully saturated rings. The molecule has 0 aromatic carbocycles. The highest BCUT2D eigenvalue weighted by molar-refractivity contribution is 7.81. The van der Waals surface area contributed by atoms with Crippen molar-refractivity contribution in [2.45, 2.75) is 25.7 Å². The average molecular weight is 202 g/mol. The smallest absolute Gasteiger partial charge is 0.307 e. The van der Waals surface area contributed by atoms with Crippen LogP contribution in [0.25, 0.3) is 0 Å². The van der Waals surface area contributed by atoms with Crippen LogP contribution in [0, 0.1) is 11.8 Å². The highest BCUT2D eigenvalue weighted by Gasteiger charge is 2.34. The van der Waals surface area contributed by atoms with Crippen LogP contribution >= 0.6 is 12.6 Å². The zero-order chi connectivity index (χ0) is 9.84. The van der Waals surface area contributed by atoms with E-state index in [2.05, 4.69) is 12.6 Å². The van der Waals surface area contributed by atoms with Crippen LogP contribution in [0.5, 0.6) is 0 Å². The Morgan fingerprint density at radius 3 is 2.23 bits per heavy atom. The first kappa shape index (κ1) is 10.6. The molecule has 1 aliphatic rings. The van der Waals surface area contributed by atoms with E-state index >= 15 is 0 Å². The fraction of sp³-hybridized carbons (Fsp3) is 0.778. The average Bonchev–Trinajstić information content (AvgIpc) is 2.16. The maximum atomic E-state index is 11.3. The van der Waals surface area contributed by atoms with Crippen molar-refractivity contribution in [3.63, 3.8) is 0 Å². The van der Waals surface area contributed by atoms with E-state index < -0.39 is 11.9 Å². The summed E-state index contributed by atoms with van der Waals surface area (Å²) in [5, 5.41) is 8.88. The van der Waals surface area contributed by atoms with Gasteiger partial charge in [-0.1, -0.05) is 12.8 Å². The van der Waals surface area contributed by atoms with Gasteiger partial charge in [-0.05, 0) is 12.8 Å². The molecule has 0 heterocycles. The highest BCUT2D eigenvalue weighted by Crippen LogP contribution is 2.31. The van der Waals surface area contributed by atoms with Crippen LogP contribution in [0.4, 0.5) is 0 Å². The number of carboxylic acid groups (broad SMARTS) is 1. The van der Waals surface area contributed by atoms with Crippen molar-refractivity contribution in [2.24, 2.45) is 11.8 Å². The molecule has 1 rings (SSSR count). The second-order valence-electron chi connectivity index (χ2n) is 3.46. The van der Waals surface area contributed by atoms with Crippen LogP contribution in [0.15, 0.2) is 0 Å². The molecule has 0 spiro atoms. The Bertz CT molecular complexity index is 215. The van der Waals surface area contributed by atoms with Gasteiger partial charge in [0.15, 0.2) is 0 Å². The molecule has 0 aromatic heterocycles. The van der Waals surface area contributed by atoms with Gasteiger partial charge in [0, 0.05) is 11.7 Å². The SMILES string of the molecule is O=C(O)C1CCCCC1C(=O)CS. The summed E-state index contributed by atoms with van der Waals surface area (Å²) in [5.41, 5.74) is 0. The first-order valence-electron chi connectivity index (χ1n) is 4.53. The number of ketones is 1. The maximum Gasteiger partial charge on any atom is 0.307 e. The Balaban J connectivity index is 2.67. The number of hydrogen-bond donors (Lipinski definition) is 2. The molecule has 0 bridgehead atoms. The number of hydrogen-bond acceptors (Lipinski definition) is 3. The monoisotopic (exact) mass is 202 g/mol. The zero-order valence-electron chi connectivity index (χ0n) is 7.40. The fourth-order valence-corrected chi connectivity index (χ4v) is 2.16. The van der Waals surface area contributed by atoms with Crippen molar-refractivity contribution in [3.8, 4) is 0 Å². The Morgan fingerprint density at radius 2 is 1.77 bits per heavy atom. The molecule has 0 radical (unpaired) electrons. The number of carbonyl (C=O) groups excluding carboxylic acids is 1. The summed E-state index contributed by atoms with van der Waals surface area (Å²) in [4.78, 5) is 22.1. The van der Waals surface area contributed by atoms with Gasteiger partial charge in [0.2, 0.25) is 0 Å². The van der Waals surface area contributed by atoms with Crippen LogP contribution in [0.3, 0.4) is 0 Å². The van der Waals surface area contributed by atoms with Gasteiger partial charge in [-0.15, -0.1) is 0 Å². The Labute approximate surface area is 82.9 Å². The van der Waals surface area contributed by atoms with Crippen molar-refractivity contribution < 1.29 is 14.7 Å². The number of Topliss-reactive ketones (excluding diaryl/α,β-unsaturated/α-hetero) is 1. The van der Waals surface area contributed by atoms with Gasteiger partial charge in [0.25, 0.3) is 0 Å². The topological polar surface area (TPSA) is 54.4 Å². The molecule has 2 atom stereocenters. The number of carboxylic acids is 1. The summed E-state index contributed by atoms with van der Waals surface area (Å²) in [6.45, 7) is 0. The molecule has 1 N–H and O–H groups in total. The quantitative estimate of drug-likeness (QED) is 0.680. The number of aliphatic carboxylic acids is 1. The fourth-order valence-electron chi connectivity index (χ4n) is 1.93. The zero-order valence-corrected chi connectivity index (χ0v) is 8.30. The third-order valence-electron chi connectivity index (χ3n) is 2.65. The molecule has 3 nitrogen and oxygen atoms in total. The van der Waals surface area contributed by atoms with Crippen LogP contribution in [0.2, 0.25) is 0 Å². The third kappa shape index (κ3) is 2.46. The summed E-state index contributed by atoms with van der Waals surface area (Å²) < 4.78 is 0. The van der Waals surface area contributed by atoms with E-state index in [4.69, 9.17) is 5.11 Å². The summed E-state index contributed by atoms with van der Waals surface area (Å²) >= 11 is 3.89. The van der Waals surface area contributed by atoms with Gasteiger partial charge >= 0.3 is 5.97 Å². The molecule has 0 saturated heterocycles. The van der Waals surface area contributed by atoms with Crippen molar-refractivity contribution >= 4 is 24.4 Å². The molecular formula is C9H14O3S. The van der Waals surface area contributed by atoms with E-state index in [1.54, 1.807) is 0 Å². The van der Waals surface area contributed by atoms with Crippen molar-refractivity contribution in [2.75, 3.05) is 5.75 Å². The van der Waals surface area contributed by atoms with Crippen molar-refractivity contribution in [3.05, 3.63) is 0 Å². The molecule has 1 saturated carbocycles. The van der Waals surface area contributed by atoms with Gasteiger partial charge < -0.3 is 5.11 Å². The molecule has 0 aromatic rings. The van der Waals surface area contributed by atoms with Gasteiger partial charge in [-0.2, -0.15) is 12.6 Å². The number of thiol groups is 1. The van der Waals surface area contributed by atoms with Gasteiger partial charge in [-0.3, -0.25) is 9.59 Å². The first-order valence-corrected chi connectivity index (χ1v) is 5.16. The Kier molecular flexibility index (Phi) is 3.78. The first-order chi connectivity index (χ1) is 6.16. The standard InChI is InChI=1S/C9H14O3S/c10-8(5-13)6-3-1-2-4-7(6)9(11)12/h6-7,13H,1-5H2,(H,11,12). The summed E-state index contributed by atoms with van der Waals surface area (Å²) in [6, 6.07) is 0. The molecular weight excluding hydrogens is 188 g/mol. The predicted octanol–water partition coefficient (Wildman–Crippen LogP) is 1.38. The van der Waals surface area contributed by atoms with E-state index in [1.165, 1.54) is 0 Å². The lowest BCUT2D eigenvalue weighted by molar-refractivity contribution is -0.147. The van der Waals surface area contributed by atoms with E-state index in [0.717, 1.165) is 19.3 Å². The summed E-state index contributed by atoms with van der Waals surface area (Å²) in [7, 11) is 0. The van der Waals surface area contributed by atoms with Gasteiger partial charge in [0.05, 0.1) is 5.92 Å². The molecule has 1 aliphatic carbocycles. The van der Waals surface area contributed by atoms with Crippen LogP contribution in [-0.4, -0.2) is 22.6 Å². The summed E-state index contributed by atoms with van der Waals surface area (Å²) in [5.74, 6) is -1.44. The Morgan fingerprint density at radius 1 is 1.23 bits per heavy atom. The highest BCUT2D eigenvalue weighted by atomic mass is 32.1. The van der Waals surface area contributed by atoms with Crippen molar-refractivity contribution in [1.82, 2.24) is 0 Å². The lowest BCUT2D eigenvalue weighted by Crippen LogP contribution is -2.33. The molecule has 13 heavy (non-hydrogen) atoms. The summed E-state index contributed by atoms with van der Waals surface area (Å²) in [6.07, 6.45) is 3.25. The largest absolute Gasteiger partial charge is 0.481 e. The van der Waals surface area contributed by atoms with Crippen LogP contribution in [-0.2, 0) is 9.59 Å². The third-order valence-corrected chi connectivity index (χ3v) is 2.96. The van der Waals surface area contributed by atoms with Gasteiger partial charge in [-0.25, -0.2) is 0 Å². The minimum Gasteiger partial charge on any atom is -0.481 e. The molecule has 2 unspecified atom stereocenters. The lowest BCUT2D eigenvalue weighted by atomic mass is 9.77. The predicted molar refractivity (Wildman–Crippen MR) is 51.9 cm³/mol. The number of carbonyl (C=O) groups is 2. The lowest BCUT2D eigenvalue weighted by Gasteiger charge is -2.26. The molecule has 0 amide bonds. The van der Waals surface area contributed by atoms with E-state index in [0.29, 0.717) is 6.42 Å². The second kappa shape index (κ2) is 4.65. The maximum absolute atomic E-state index is 11.3. The molecule has 4 heteroatoms. The normalized spacial score (nSPS) is 28.4. The van der Waals surface area contributed by atoms with E-state index in [9.17, 15) is 9.59 Å².